The predicted octanol–water partition coefficient (Wildman–Crippen LogP) is 2.66. The number of carbonyl (C=O) groups is 4. The highest BCUT2D eigenvalue weighted by atomic mass is 16.3. The topological polar surface area (TPSA) is 91.1 Å². The van der Waals surface area contributed by atoms with Crippen LogP contribution in [0.2, 0.25) is 0 Å². The van der Waals surface area contributed by atoms with Crippen molar-refractivity contribution < 1.29 is 23.6 Å². The van der Waals surface area contributed by atoms with Gasteiger partial charge in [0.2, 0.25) is 0 Å². The van der Waals surface area contributed by atoms with Gasteiger partial charge < -0.3 is 14.2 Å². The van der Waals surface area contributed by atoms with E-state index in [0.29, 0.717) is 43.7 Å². The van der Waals surface area contributed by atoms with Gasteiger partial charge in [-0.1, -0.05) is 0 Å². The van der Waals surface area contributed by atoms with E-state index < -0.39 is 5.54 Å². The number of fused-ring (bicyclic) bond motifs is 1. The molecule has 0 aliphatic carbocycles. The summed E-state index contributed by atoms with van der Waals surface area (Å²) in [6, 6.07) is 7.95. The standard InChI is InChI=1S/C23H25N3O5/c1-23(2,3)26-20(28)16-8-7-15(14-17(16)21(26)29)19(27)24-9-5-10-25(12-11-24)22(30)18-6-4-13-31-18/h4,6-8,13-14H,5,9-12H2,1-3H3. The minimum absolute atomic E-state index is 0.191. The second kappa shape index (κ2) is 7.68. The van der Waals surface area contributed by atoms with E-state index in [4.69, 9.17) is 4.42 Å². The van der Waals surface area contributed by atoms with Crippen LogP contribution in [0.25, 0.3) is 0 Å². The van der Waals surface area contributed by atoms with Crippen LogP contribution < -0.4 is 0 Å². The van der Waals surface area contributed by atoms with Gasteiger partial charge >= 0.3 is 0 Å². The van der Waals surface area contributed by atoms with Gasteiger partial charge in [-0.25, -0.2) is 0 Å². The van der Waals surface area contributed by atoms with Crippen molar-refractivity contribution >= 4 is 23.6 Å². The average molecular weight is 423 g/mol. The molecule has 8 heteroatoms. The molecule has 1 aromatic heterocycles. The number of amides is 4. The number of furan rings is 1. The maximum atomic E-state index is 13.1. The maximum absolute atomic E-state index is 13.1. The lowest BCUT2D eigenvalue weighted by Crippen LogP contribution is -2.45. The summed E-state index contributed by atoms with van der Waals surface area (Å²) in [5.41, 5.74) is 0.297. The van der Waals surface area contributed by atoms with Gasteiger partial charge in [-0.2, -0.15) is 0 Å². The lowest BCUT2D eigenvalue weighted by Gasteiger charge is -2.29. The third-order valence-corrected chi connectivity index (χ3v) is 5.61. The molecule has 2 aliphatic heterocycles. The zero-order valence-electron chi connectivity index (χ0n) is 17.9. The lowest BCUT2D eigenvalue weighted by atomic mass is 10.0. The Labute approximate surface area is 180 Å². The fourth-order valence-corrected chi connectivity index (χ4v) is 4.05. The van der Waals surface area contributed by atoms with Crippen molar-refractivity contribution in [2.45, 2.75) is 32.7 Å². The van der Waals surface area contributed by atoms with Crippen molar-refractivity contribution in [1.82, 2.24) is 14.7 Å². The Bertz CT molecular complexity index is 1050. The molecule has 1 saturated heterocycles. The van der Waals surface area contributed by atoms with E-state index >= 15 is 0 Å². The summed E-state index contributed by atoms with van der Waals surface area (Å²) < 4.78 is 5.19. The SMILES string of the molecule is CC(C)(C)N1C(=O)c2ccc(C(=O)N3CCCN(C(=O)c4ccco4)CC3)cc2C1=O. The third kappa shape index (κ3) is 3.73. The summed E-state index contributed by atoms with van der Waals surface area (Å²) in [5, 5.41) is 0. The molecule has 2 aliphatic rings. The molecule has 0 N–H and O–H groups in total. The Balaban J connectivity index is 1.50. The van der Waals surface area contributed by atoms with Gasteiger partial charge in [-0.3, -0.25) is 24.1 Å². The molecule has 0 atom stereocenters. The highest BCUT2D eigenvalue weighted by molar-refractivity contribution is 6.22. The summed E-state index contributed by atoms with van der Waals surface area (Å²) >= 11 is 0. The van der Waals surface area contributed by atoms with E-state index in [9.17, 15) is 19.2 Å². The van der Waals surface area contributed by atoms with Gasteiger partial charge in [0.15, 0.2) is 5.76 Å². The van der Waals surface area contributed by atoms with Crippen LogP contribution in [0.1, 0.15) is 68.8 Å². The van der Waals surface area contributed by atoms with Crippen molar-refractivity contribution in [2.24, 2.45) is 0 Å². The van der Waals surface area contributed by atoms with E-state index in [1.54, 1.807) is 54.8 Å². The number of imide groups is 1. The van der Waals surface area contributed by atoms with Crippen LogP contribution in [-0.4, -0.2) is 70.0 Å². The largest absolute Gasteiger partial charge is 0.459 e. The highest BCUT2D eigenvalue weighted by Gasteiger charge is 2.42. The molecule has 4 amide bonds. The maximum Gasteiger partial charge on any atom is 0.289 e. The fourth-order valence-electron chi connectivity index (χ4n) is 4.05. The minimum atomic E-state index is -0.647. The monoisotopic (exact) mass is 423 g/mol. The van der Waals surface area contributed by atoms with Crippen molar-refractivity contribution in [1.29, 1.82) is 0 Å². The summed E-state index contributed by atoms with van der Waals surface area (Å²) in [4.78, 5) is 55.7. The minimum Gasteiger partial charge on any atom is -0.459 e. The van der Waals surface area contributed by atoms with Gasteiger partial charge in [0, 0.05) is 37.3 Å². The number of nitrogens with zero attached hydrogens (tertiary/aromatic N) is 3. The number of hydrogen-bond donors (Lipinski definition) is 0. The van der Waals surface area contributed by atoms with Gasteiger partial charge in [0.05, 0.1) is 17.4 Å². The zero-order valence-corrected chi connectivity index (χ0v) is 17.9. The molecule has 0 unspecified atom stereocenters. The van der Waals surface area contributed by atoms with Crippen LogP contribution in [-0.2, 0) is 0 Å². The first kappa shape index (κ1) is 20.8. The summed E-state index contributed by atoms with van der Waals surface area (Å²) in [6.07, 6.45) is 2.10. The summed E-state index contributed by atoms with van der Waals surface area (Å²) in [5.74, 6) is -0.848. The number of carbonyl (C=O) groups excluding carboxylic acids is 4. The van der Waals surface area contributed by atoms with Crippen molar-refractivity contribution in [3.05, 3.63) is 59.0 Å². The van der Waals surface area contributed by atoms with Gasteiger partial charge in [0.1, 0.15) is 0 Å². The second-order valence-corrected chi connectivity index (χ2v) is 8.79. The molecule has 8 nitrogen and oxygen atoms in total. The Morgan fingerprint density at radius 3 is 2.13 bits per heavy atom. The smallest absolute Gasteiger partial charge is 0.289 e. The average Bonchev–Trinajstić information content (AvgIpc) is 3.26. The first-order valence-electron chi connectivity index (χ1n) is 10.3. The molecule has 1 aromatic carbocycles. The molecule has 1 fully saturated rings. The molecule has 0 radical (unpaired) electrons. The lowest BCUT2D eigenvalue weighted by molar-refractivity contribution is 0.0507. The molecule has 162 valence electrons. The van der Waals surface area contributed by atoms with E-state index in [-0.39, 0.29) is 35.0 Å². The first-order valence-corrected chi connectivity index (χ1v) is 10.3. The van der Waals surface area contributed by atoms with E-state index in [1.807, 2.05) is 0 Å². The molecule has 0 saturated carbocycles. The van der Waals surface area contributed by atoms with Gasteiger partial charge in [-0.05, 0) is 57.5 Å². The van der Waals surface area contributed by atoms with Crippen molar-refractivity contribution in [3.63, 3.8) is 0 Å². The van der Waals surface area contributed by atoms with Crippen LogP contribution in [0.5, 0.6) is 0 Å². The van der Waals surface area contributed by atoms with Gasteiger partial charge in [0.25, 0.3) is 23.6 Å². The Morgan fingerprint density at radius 1 is 0.871 bits per heavy atom. The van der Waals surface area contributed by atoms with Gasteiger partial charge in [-0.15, -0.1) is 0 Å². The van der Waals surface area contributed by atoms with E-state index in [2.05, 4.69) is 0 Å². The highest BCUT2D eigenvalue weighted by Crippen LogP contribution is 2.30. The Kier molecular flexibility index (Phi) is 5.16. The summed E-state index contributed by atoms with van der Waals surface area (Å²) in [6.45, 7) is 7.20. The molecular weight excluding hydrogens is 398 g/mol. The zero-order chi connectivity index (χ0) is 22.3. The van der Waals surface area contributed by atoms with Crippen LogP contribution >= 0.6 is 0 Å². The molecule has 0 bridgehead atoms. The molecule has 3 heterocycles. The van der Waals surface area contributed by atoms with Crippen LogP contribution in [0, 0.1) is 0 Å². The number of benzene rings is 1. The predicted molar refractivity (Wildman–Crippen MR) is 112 cm³/mol. The van der Waals surface area contributed by atoms with Crippen molar-refractivity contribution in [3.8, 4) is 0 Å². The summed E-state index contributed by atoms with van der Waals surface area (Å²) in [7, 11) is 0. The normalized spacial score (nSPS) is 17.1. The third-order valence-electron chi connectivity index (χ3n) is 5.61. The first-order chi connectivity index (χ1) is 14.7. The fraction of sp³-hybridized carbons (Fsp3) is 0.391. The Morgan fingerprint density at radius 2 is 1.52 bits per heavy atom. The van der Waals surface area contributed by atoms with Crippen LogP contribution in [0.3, 0.4) is 0 Å². The molecule has 0 spiro atoms. The molecule has 2 aromatic rings. The van der Waals surface area contributed by atoms with Crippen LogP contribution in [0.4, 0.5) is 0 Å². The van der Waals surface area contributed by atoms with E-state index in [1.165, 1.54) is 17.2 Å². The number of rotatable bonds is 2. The van der Waals surface area contributed by atoms with E-state index in [0.717, 1.165) is 0 Å². The van der Waals surface area contributed by atoms with Crippen LogP contribution in [0.15, 0.2) is 41.0 Å². The Hall–Kier alpha value is -3.42. The quantitative estimate of drug-likeness (QED) is 0.693. The molecule has 31 heavy (non-hydrogen) atoms. The van der Waals surface area contributed by atoms with Crippen molar-refractivity contribution in [2.75, 3.05) is 26.2 Å². The second-order valence-electron chi connectivity index (χ2n) is 8.79. The molecular formula is C23H25N3O5. The molecule has 4 rings (SSSR count). The number of hydrogen-bond acceptors (Lipinski definition) is 5.